The number of rotatable bonds is 1. The summed E-state index contributed by atoms with van der Waals surface area (Å²) in [5.41, 5.74) is 0. The number of hydrogen-bond acceptors (Lipinski definition) is 0. The van der Waals surface area contributed by atoms with Crippen LogP contribution in [0.2, 0.25) is 0 Å². The molecule has 0 spiro atoms. The monoisotopic (exact) mass is 126 g/mol. The molecule has 0 aliphatic rings. The Balaban J connectivity index is 0. The molecule has 0 saturated heterocycles. The maximum Gasteiger partial charge on any atom is -1.00 e. The van der Waals surface area contributed by atoms with Gasteiger partial charge in [-0.25, -0.2) is 0 Å². The molecule has 0 atom stereocenters. The number of hydrogen-bond donors (Lipinski definition) is 0. The molecule has 0 aromatic rings. The van der Waals surface area contributed by atoms with Crippen LogP contribution in [0.25, 0.3) is 0 Å². The first-order valence-electron chi connectivity index (χ1n) is 2.16. The van der Waals surface area contributed by atoms with E-state index in [0.717, 1.165) is 6.42 Å². The Morgan fingerprint density at radius 3 is 2.29 bits per heavy atom. The zero-order valence-electron chi connectivity index (χ0n) is 4.50. The van der Waals surface area contributed by atoms with E-state index in [2.05, 4.69) is 16.9 Å². The summed E-state index contributed by atoms with van der Waals surface area (Å²) < 4.78 is 2.85. The van der Waals surface area contributed by atoms with Gasteiger partial charge in [-0.3, -0.25) is 0 Å². The molecule has 0 nitrogen and oxygen atoms in total. The first-order valence-corrected chi connectivity index (χ1v) is 2.87. The van der Waals surface area contributed by atoms with Crippen molar-refractivity contribution in [1.82, 2.24) is 0 Å². The van der Waals surface area contributed by atoms with Crippen LogP contribution in [0.4, 0.5) is 0 Å². The van der Waals surface area contributed by atoms with E-state index in [1.807, 2.05) is 0 Å². The molecule has 0 saturated carbocycles. The van der Waals surface area contributed by atoms with E-state index in [0.29, 0.717) is 0 Å². The smallest absolute Gasteiger partial charge is 1.00 e. The van der Waals surface area contributed by atoms with Crippen LogP contribution < -0.4 is 12.4 Å². The molecule has 0 amide bonds. The van der Waals surface area contributed by atoms with E-state index in [-0.39, 0.29) is 12.4 Å². The van der Waals surface area contributed by atoms with Gasteiger partial charge < -0.3 is 12.4 Å². The van der Waals surface area contributed by atoms with Gasteiger partial charge in [0.2, 0.25) is 0 Å². The van der Waals surface area contributed by atoms with Crippen molar-refractivity contribution in [3.05, 3.63) is 0 Å². The van der Waals surface area contributed by atoms with Crippen LogP contribution >= 0.6 is 0 Å². The largest absolute Gasteiger partial charge is 1.00 e. The van der Waals surface area contributed by atoms with Crippen molar-refractivity contribution >= 4 is 21.7 Å². The minimum atomic E-state index is 0. The van der Waals surface area contributed by atoms with Gasteiger partial charge in [-0.1, -0.05) is 0 Å². The molecule has 0 aliphatic heterocycles. The predicted octanol–water partition coefficient (Wildman–Crippen LogP) is -2.08. The first-order chi connectivity index (χ1) is 2.91. The second-order valence-corrected chi connectivity index (χ2v) is 1.46. The Kier molecular flexibility index (Phi) is 14.8. The third-order valence-electron chi connectivity index (χ3n) is 0.500. The molecule has 0 bridgehead atoms. The second-order valence-electron chi connectivity index (χ2n) is 1.10. The summed E-state index contributed by atoms with van der Waals surface area (Å²) in [5, 5.41) is 0. The van der Waals surface area contributed by atoms with Crippen molar-refractivity contribution in [2.75, 3.05) is 0 Å². The molecule has 7 heavy (non-hydrogen) atoms. The van der Waals surface area contributed by atoms with E-state index >= 15 is 0 Å². The van der Waals surface area contributed by atoms with Gasteiger partial charge in [0.1, 0.15) is 0 Å². The van der Waals surface area contributed by atoms with Gasteiger partial charge in [-0.2, -0.15) is 0 Å². The van der Waals surface area contributed by atoms with Crippen LogP contribution in [0.1, 0.15) is 19.8 Å². The molecular formula is C5H7ClMg. The Labute approximate surface area is 63.9 Å². The molecule has 0 unspecified atom stereocenters. The van der Waals surface area contributed by atoms with E-state index in [1.54, 1.807) is 21.7 Å². The van der Waals surface area contributed by atoms with Crippen LogP contribution in [0.5, 0.6) is 0 Å². The molecule has 0 fully saturated rings. The molecule has 2 heteroatoms. The third kappa shape index (κ3) is 10.8. The number of unbranched alkanes of at least 4 members (excludes halogenated alkanes) is 1. The average Bonchev–Trinajstić information content (AvgIpc) is 1.61. The molecular weight excluding hydrogens is 120 g/mol. The van der Waals surface area contributed by atoms with Crippen molar-refractivity contribution in [3.63, 3.8) is 0 Å². The molecule has 0 aromatic carbocycles. The summed E-state index contributed by atoms with van der Waals surface area (Å²) in [4.78, 5) is 0. The fourth-order valence-corrected chi connectivity index (χ4v) is 0.390. The average molecular weight is 127 g/mol. The Hall–Kier alpha value is 0.616. The van der Waals surface area contributed by atoms with Gasteiger partial charge in [0.25, 0.3) is 0 Å². The summed E-state index contributed by atoms with van der Waals surface area (Å²) in [5.74, 6) is 2.96. The fraction of sp³-hybridized carbons (Fsp3) is 0.600. The fourth-order valence-electron chi connectivity index (χ4n) is 0.213. The zero-order valence-corrected chi connectivity index (χ0v) is 6.67. The van der Waals surface area contributed by atoms with E-state index in [4.69, 9.17) is 0 Å². The minimum Gasteiger partial charge on any atom is -1.00 e. The maximum atomic E-state index is 2.96. The Morgan fingerprint density at radius 1 is 1.57 bits per heavy atom. The zero-order chi connectivity index (χ0) is 4.83. The summed E-state index contributed by atoms with van der Waals surface area (Å²) in [7, 11) is 0. The summed E-state index contributed by atoms with van der Waals surface area (Å²) in [6, 6.07) is 0. The summed E-state index contributed by atoms with van der Waals surface area (Å²) >= 11 is 1.70. The van der Waals surface area contributed by atoms with Gasteiger partial charge in [0, 0.05) is 0 Å². The molecule has 0 N–H and O–H groups in total. The molecule has 0 aromatic heterocycles. The predicted molar refractivity (Wildman–Crippen MR) is 28.4 cm³/mol. The topological polar surface area (TPSA) is 0 Å². The van der Waals surface area contributed by atoms with E-state index < -0.39 is 0 Å². The van der Waals surface area contributed by atoms with Crippen LogP contribution in [-0.2, 0) is 0 Å². The van der Waals surface area contributed by atoms with Crippen molar-refractivity contribution in [3.8, 4) is 9.97 Å². The van der Waals surface area contributed by atoms with E-state index in [1.165, 1.54) is 6.42 Å². The van der Waals surface area contributed by atoms with Gasteiger partial charge in [-0.15, -0.1) is 0 Å². The molecule has 0 radical (unpaired) electrons. The standard InChI is InChI=1S/C5H7.ClH.Mg/c1-3-5-4-2;;/h3,5H2,1H3;1H;/q;;+1/p-1. The van der Waals surface area contributed by atoms with Crippen molar-refractivity contribution in [2.45, 2.75) is 19.8 Å². The van der Waals surface area contributed by atoms with Crippen LogP contribution in [0.3, 0.4) is 0 Å². The maximum absolute atomic E-state index is 2.96. The van der Waals surface area contributed by atoms with Crippen molar-refractivity contribution in [1.29, 1.82) is 0 Å². The van der Waals surface area contributed by atoms with Crippen LogP contribution in [0.15, 0.2) is 0 Å². The van der Waals surface area contributed by atoms with Crippen molar-refractivity contribution in [2.24, 2.45) is 0 Å². The molecule has 0 aliphatic carbocycles. The number of halogens is 1. The van der Waals surface area contributed by atoms with Crippen LogP contribution in [0, 0.1) is 9.97 Å². The van der Waals surface area contributed by atoms with Gasteiger partial charge >= 0.3 is 51.4 Å². The quantitative estimate of drug-likeness (QED) is 0.280. The van der Waals surface area contributed by atoms with Gasteiger partial charge in [0.05, 0.1) is 0 Å². The van der Waals surface area contributed by atoms with Gasteiger partial charge in [0.15, 0.2) is 0 Å². The van der Waals surface area contributed by atoms with Crippen LogP contribution in [-0.4, -0.2) is 21.7 Å². The molecule has 0 rings (SSSR count). The minimum absolute atomic E-state index is 0. The molecule has 0 heterocycles. The SMILES string of the molecule is CCCC#[C][Mg+].[Cl-]. The molecule has 36 valence electrons. The third-order valence-corrected chi connectivity index (χ3v) is 0.750. The summed E-state index contributed by atoms with van der Waals surface area (Å²) in [6.07, 6.45) is 2.24. The van der Waals surface area contributed by atoms with Gasteiger partial charge in [-0.05, 0) is 0 Å². The van der Waals surface area contributed by atoms with E-state index in [9.17, 15) is 0 Å². The Bertz CT molecular complexity index is 69.9. The summed E-state index contributed by atoms with van der Waals surface area (Å²) in [6.45, 7) is 2.13. The second kappa shape index (κ2) is 9.79. The Morgan fingerprint density at radius 2 is 2.14 bits per heavy atom. The van der Waals surface area contributed by atoms with Crippen molar-refractivity contribution < 1.29 is 12.4 Å². The first kappa shape index (κ1) is 10.6. The normalized spacial score (nSPS) is 5.57.